The predicted molar refractivity (Wildman–Crippen MR) is 105 cm³/mol. The summed E-state index contributed by atoms with van der Waals surface area (Å²) in [6.07, 6.45) is 4.66. The Hall–Kier alpha value is -1.84. The zero-order valence-corrected chi connectivity index (χ0v) is 15.1. The van der Waals surface area contributed by atoms with E-state index in [4.69, 9.17) is 17.3 Å². The minimum absolute atomic E-state index is 0.467. The summed E-state index contributed by atoms with van der Waals surface area (Å²) >= 11 is 6.03. The fraction of sp³-hybridized carbons (Fsp3) is 0.381. The molecule has 2 atom stereocenters. The molecule has 0 unspecified atom stereocenters. The van der Waals surface area contributed by atoms with Crippen molar-refractivity contribution >= 4 is 23.1 Å². The summed E-state index contributed by atoms with van der Waals surface area (Å²) in [5.41, 5.74) is 11.2. The van der Waals surface area contributed by atoms with Gasteiger partial charge >= 0.3 is 0 Å². The Bertz CT molecular complexity index is 799. The van der Waals surface area contributed by atoms with Crippen molar-refractivity contribution in [3.63, 3.8) is 0 Å². The van der Waals surface area contributed by atoms with E-state index in [1.165, 1.54) is 36.0 Å². The van der Waals surface area contributed by atoms with Crippen LogP contribution in [0.5, 0.6) is 0 Å². The normalized spacial score (nSPS) is 21.6. The summed E-state index contributed by atoms with van der Waals surface area (Å²) in [4.78, 5) is 4.69. The van der Waals surface area contributed by atoms with E-state index >= 15 is 0 Å². The van der Waals surface area contributed by atoms with E-state index in [9.17, 15) is 0 Å². The zero-order valence-electron chi connectivity index (χ0n) is 14.3. The summed E-state index contributed by atoms with van der Waals surface area (Å²) in [5, 5.41) is 4.31. The van der Waals surface area contributed by atoms with Crippen molar-refractivity contribution in [3.8, 4) is 0 Å². The number of nitrogens with one attached hydrogen (secondary N) is 1. The molecule has 1 heterocycles. The number of hydrogen-bond donors (Lipinski definition) is 2. The molecule has 3 N–H and O–H groups in total. The van der Waals surface area contributed by atoms with Crippen LogP contribution in [-0.2, 0) is 13.0 Å². The van der Waals surface area contributed by atoms with Crippen LogP contribution in [0, 0.1) is 5.92 Å². The van der Waals surface area contributed by atoms with E-state index in [1.54, 1.807) is 0 Å². The average molecular weight is 354 g/mol. The minimum Gasteiger partial charge on any atom is -0.387 e. The highest BCUT2D eigenvalue weighted by Crippen LogP contribution is 2.46. The first-order chi connectivity index (χ1) is 12.2. The van der Waals surface area contributed by atoms with Gasteiger partial charge in [0.1, 0.15) is 5.84 Å². The van der Waals surface area contributed by atoms with Crippen molar-refractivity contribution in [2.45, 2.75) is 38.1 Å². The van der Waals surface area contributed by atoms with E-state index in [2.05, 4.69) is 34.6 Å². The van der Waals surface area contributed by atoms with Crippen molar-refractivity contribution in [2.75, 3.05) is 6.54 Å². The summed E-state index contributed by atoms with van der Waals surface area (Å²) in [7, 11) is 0. The van der Waals surface area contributed by atoms with Crippen molar-refractivity contribution in [2.24, 2.45) is 16.6 Å². The standard InChI is InChI=1S/C21H24ClN3/c22-16-4-1-3-14(11-16)9-10-24-13-15-7-8-18-17-5-2-6-19(17)21(23)25-20(18)12-15/h1,3-4,7-8,11-12,17,19,24H,2,5-6,9-10,13H2,(H2,23,25)/t17-,19-/m1/s1. The zero-order chi connectivity index (χ0) is 17.2. The largest absolute Gasteiger partial charge is 0.387 e. The van der Waals surface area contributed by atoms with Crippen LogP contribution in [0.15, 0.2) is 47.5 Å². The number of nitrogens with two attached hydrogens (primary N) is 1. The molecule has 1 fully saturated rings. The molecule has 0 radical (unpaired) electrons. The molecule has 0 amide bonds. The second kappa shape index (κ2) is 7.19. The van der Waals surface area contributed by atoms with Gasteiger partial charge in [0, 0.05) is 17.5 Å². The number of fused-ring (bicyclic) bond motifs is 3. The van der Waals surface area contributed by atoms with Crippen LogP contribution in [0.25, 0.3) is 0 Å². The number of amidine groups is 1. The van der Waals surface area contributed by atoms with Crippen molar-refractivity contribution in [3.05, 3.63) is 64.2 Å². The lowest BCUT2D eigenvalue weighted by Crippen LogP contribution is -2.28. The van der Waals surface area contributed by atoms with Gasteiger partial charge in [0.05, 0.1) is 5.69 Å². The summed E-state index contributed by atoms with van der Waals surface area (Å²) in [6.45, 7) is 1.77. The molecule has 3 nitrogen and oxygen atoms in total. The van der Waals surface area contributed by atoms with Crippen LogP contribution in [0.4, 0.5) is 5.69 Å². The molecule has 4 rings (SSSR count). The number of aliphatic imine (C=N–C) groups is 1. The molecule has 1 saturated carbocycles. The monoisotopic (exact) mass is 353 g/mol. The van der Waals surface area contributed by atoms with Gasteiger partial charge in [-0.3, -0.25) is 0 Å². The molecule has 2 aromatic rings. The molecule has 0 saturated heterocycles. The van der Waals surface area contributed by atoms with Crippen LogP contribution in [0.1, 0.15) is 41.9 Å². The summed E-state index contributed by atoms with van der Waals surface area (Å²) in [6, 6.07) is 14.7. The number of halogens is 1. The van der Waals surface area contributed by atoms with E-state index in [-0.39, 0.29) is 0 Å². The first kappa shape index (κ1) is 16.6. The molecule has 1 aliphatic heterocycles. The van der Waals surface area contributed by atoms with E-state index in [0.717, 1.165) is 36.1 Å². The Labute approximate surface area is 154 Å². The van der Waals surface area contributed by atoms with Crippen molar-refractivity contribution in [1.29, 1.82) is 0 Å². The minimum atomic E-state index is 0.467. The highest BCUT2D eigenvalue weighted by Gasteiger charge is 2.35. The molecular formula is C21H24ClN3. The van der Waals surface area contributed by atoms with Gasteiger partial charge in [-0.25, -0.2) is 4.99 Å². The second-order valence-electron chi connectivity index (χ2n) is 7.13. The molecule has 1 aliphatic carbocycles. The molecule has 130 valence electrons. The Kier molecular flexibility index (Phi) is 4.78. The molecular weight excluding hydrogens is 330 g/mol. The van der Waals surface area contributed by atoms with Crippen LogP contribution < -0.4 is 11.1 Å². The van der Waals surface area contributed by atoms with E-state index < -0.39 is 0 Å². The van der Waals surface area contributed by atoms with Gasteiger partial charge in [-0.05, 0) is 66.6 Å². The molecule has 0 spiro atoms. The molecule has 0 bridgehead atoms. The lowest BCUT2D eigenvalue weighted by atomic mass is 9.84. The average Bonchev–Trinajstić information content (AvgIpc) is 3.09. The number of benzene rings is 2. The number of hydrogen-bond acceptors (Lipinski definition) is 3. The van der Waals surface area contributed by atoms with E-state index in [0.29, 0.717) is 11.8 Å². The van der Waals surface area contributed by atoms with Crippen molar-refractivity contribution < 1.29 is 0 Å². The third-order valence-corrected chi connectivity index (χ3v) is 5.68. The Morgan fingerprint density at radius 2 is 1.96 bits per heavy atom. The van der Waals surface area contributed by atoms with Crippen LogP contribution in [0.3, 0.4) is 0 Å². The first-order valence-corrected chi connectivity index (χ1v) is 9.50. The number of nitrogens with zero attached hydrogens (tertiary/aromatic N) is 1. The molecule has 25 heavy (non-hydrogen) atoms. The van der Waals surface area contributed by atoms with Crippen LogP contribution in [-0.4, -0.2) is 12.4 Å². The maximum Gasteiger partial charge on any atom is 0.103 e. The third kappa shape index (κ3) is 3.58. The van der Waals surface area contributed by atoms with Crippen LogP contribution in [0.2, 0.25) is 5.02 Å². The molecule has 2 aliphatic rings. The SMILES string of the molecule is NC1=Nc2cc(CNCCc3cccc(Cl)c3)ccc2[C@H]2CCC[C@@H]12. The van der Waals surface area contributed by atoms with E-state index in [1.807, 2.05) is 18.2 Å². The Morgan fingerprint density at radius 1 is 1.08 bits per heavy atom. The maximum absolute atomic E-state index is 6.21. The Balaban J connectivity index is 1.38. The first-order valence-electron chi connectivity index (χ1n) is 9.13. The quantitative estimate of drug-likeness (QED) is 0.774. The predicted octanol–water partition coefficient (Wildman–Crippen LogP) is 4.56. The topological polar surface area (TPSA) is 50.4 Å². The summed E-state index contributed by atoms with van der Waals surface area (Å²) in [5.74, 6) is 1.88. The van der Waals surface area contributed by atoms with Crippen molar-refractivity contribution in [1.82, 2.24) is 5.32 Å². The van der Waals surface area contributed by atoms with Gasteiger partial charge in [-0.15, -0.1) is 0 Å². The molecule has 2 aromatic carbocycles. The smallest absolute Gasteiger partial charge is 0.103 e. The van der Waals surface area contributed by atoms with Gasteiger partial charge < -0.3 is 11.1 Å². The lowest BCUT2D eigenvalue weighted by molar-refractivity contribution is 0.609. The number of rotatable bonds is 5. The van der Waals surface area contributed by atoms with Crippen LogP contribution >= 0.6 is 11.6 Å². The fourth-order valence-electron chi connectivity index (χ4n) is 4.18. The molecule has 0 aromatic heterocycles. The second-order valence-corrected chi connectivity index (χ2v) is 7.57. The lowest BCUT2D eigenvalue weighted by Gasteiger charge is -2.26. The van der Waals surface area contributed by atoms with Gasteiger partial charge in [0.25, 0.3) is 0 Å². The molecule has 4 heteroatoms. The highest BCUT2D eigenvalue weighted by molar-refractivity contribution is 6.30. The summed E-state index contributed by atoms with van der Waals surface area (Å²) < 4.78 is 0. The van der Waals surface area contributed by atoms with Gasteiger partial charge in [-0.2, -0.15) is 0 Å². The fourth-order valence-corrected chi connectivity index (χ4v) is 4.39. The van der Waals surface area contributed by atoms with Gasteiger partial charge in [-0.1, -0.05) is 42.3 Å². The van der Waals surface area contributed by atoms with Gasteiger partial charge in [0.15, 0.2) is 0 Å². The Morgan fingerprint density at radius 3 is 2.84 bits per heavy atom. The maximum atomic E-state index is 6.21. The van der Waals surface area contributed by atoms with Gasteiger partial charge in [0.2, 0.25) is 0 Å². The highest BCUT2D eigenvalue weighted by atomic mass is 35.5. The third-order valence-electron chi connectivity index (χ3n) is 5.45.